The molecular weight excluding hydrogens is 282 g/mol. The van der Waals surface area contributed by atoms with E-state index in [1.54, 1.807) is 54.6 Å². The Morgan fingerprint density at radius 3 is 2.23 bits per heavy atom. The monoisotopic (exact) mass is 297 g/mol. The number of aromatic hydroxyl groups is 1. The van der Waals surface area contributed by atoms with Gasteiger partial charge in [-0.15, -0.1) is 0 Å². The molecule has 0 radical (unpaired) electrons. The Kier molecular flexibility index (Phi) is 4.93. The van der Waals surface area contributed by atoms with Gasteiger partial charge >= 0.3 is 5.97 Å². The normalized spacial score (nSPS) is 10.5. The molecule has 1 amide bonds. The van der Waals surface area contributed by atoms with Crippen molar-refractivity contribution in [2.24, 2.45) is 0 Å². The van der Waals surface area contributed by atoms with Crippen molar-refractivity contribution < 1.29 is 19.8 Å². The first-order valence-corrected chi connectivity index (χ1v) is 6.62. The van der Waals surface area contributed by atoms with Crippen LogP contribution in [0.3, 0.4) is 0 Å². The summed E-state index contributed by atoms with van der Waals surface area (Å²) in [5.41, 5.74) is 2.06. The molecule has 5 heteroatoms. The summed E-state index contributed by atoms with van der Waals surface area (Å²) in [5.74, 6) is -1.02. The van der Waals surface area contributed by atoms with E-state index in [0.717, 1.165) is 5.56 Å². The maximum absolute atomic E-state index is 11.8. The predicted octanol–water partition coefficient (Wildman–Crippen LogP) is 2.67. The molecule has 0 aliphatic rings. The molecule has 0 aromatic heterocycles. The van der Waals surface area contributed by atoms with Crippen LogP contribution in [-0.4, -0.2) is 22.1 Å². The summed E-state index contributed by atoms with van der Waals surface area (Å²) in [7, 11) is 0. The first-order chi connectivity index (χ1) is 10.5. The number of nitrogens with one attached hydrogen (secondary N) is 1. The van der Waals surface area contributed by atoms with Crippen LogP contribution in [0.25, 0.3) is 6.08 Å². The lowest BCUT2D eigenvalue weighted by Crippen LogP contribution is -2.08. The zero-order chi connectivity index (χ0) is 15.9. The fraction of sp³-hybridized carbons (Fsp3) is 0.0588. The van der Waals surface area contributed by atoms with E-state index in [2.05, 4.69) is 5.32 Å². The van der Waals surface area contributed by atoms with Crippen LogP contribution in [0.1, 0.15) is 11.1 Å². The lowest BCUT2D eigenvalue weighted by Gasteiger charge is -2.03. The minimum Gasteiger partial charge on any atom is -0.508 e. The molecule has 0 saturated heterocycles. The fourth-order valence-corrected chi connectivity index (χ4v) is 1.82. The highest BCUT2D eigenvalue weighted by atomic mass is 16.4. The van der Waals surface area contributed by atoms with Crippen LogP contribution < -0.4 is 5.32 Å². The molecule has 5 nitrogen and oxygen atoms in total. The molecule has 2 aromatic carbocycles. The molecule has 0 aliphatic heterocycles. The van der Waals surface area contributed by atoms with Gasteiger partial charge in [0.2, 0.25) is 5.91 Å². The van der Waals surface area contributed by atoms with Crippen molar-refractivity contribution in [1.29, 1.82) is 0 Å². The molecule has 2 rings (SSSR count). The number of anilines is 1. The number of benzene rings is 2. The van der Waals surface area contributed by atoms with Gasteiger partial charge in [-0.1, -0.05) is 24.3 Å². The van der Waals surface area contributed by atoms with Gasteiger partial charge in [0, 0.05) is 11.8 Å². The molecule has 0 fully saturated rings. The maximum atomic E-state index is 11.8. The van der Waals surface area contributed by atoms with E-state index >= 15 is 0 Å². The maximum Gasteiger partial charge on any atom is 0.307 e. The second-order valence-corrected chi connectivity index (χ2v) is 4.68. The van der Waals surface area contributed by atoms with Gasteiger partial charge in [-0.05, 0) is 41.5 Å². The molecule has 0 unspecified atom stereocenters. The summed E-state index contributed by atoms with van der Waals surface area (Å²) in [6.07, 6.45) is 2.97. The number of amides is 1. The summed E-state index contributed by atoms with van der Waals surface area (Å²) in [5, 5.41) is 20.5. The molecule has 2 aromatic rings. The quantitative estimate of drug-likeness (QED) is 0.740. The van der Waals surface area contributed by atoms with Crippen LogP contribution in [0.5, 0.6) is 5.75 Å². The Labute approximate surface area is 127 Å². The lowest BCUT2D eigenvalue weighted by atomic mass is 10.1. The molecular formula is C17H15NO4. The van der Waals surface area contributed by atoms with Crippen LogP contribution in [0.4, 0.5) is 5.69 Å². The zero-order valence-electron chi connectivity index (χ0n) is 11.7. The number of carbonyl (C=O) groups excluding carboxylic acids is 1. The molecule has 112 valence electrons. The molecule has 22 heavy (non-hydrogen) atoms. The number of phenols is 1. The smallest absolute Gasteiger partial charge is 0.307 e. The molecule has 0 atom stereocenters. The van der Waals surface area contributed by atoms with Gasteiger partial charge in [-0.2, -0.15) is 0 Å². The van der Waals surface area contributed by atoms with E-state index < -0.39 is 5.97 Å². The van der Waals surface area contributed by atoms with Crippen molar-refractivity contribution in [3.63, 3.8) is 0 Å². The van der Waals surface area contributed by atoms with Crippen LogP contribution in [0, 0.1) is 0 Å². The van der Waals surface area contributed by atoms with Crippen molar-refractivity contribution in [2.75, 3.05) is 5.32 Å². The molecule has 0 bridgehead atoms. The Morgan fingerprint density at radius 2 is 1.64 bits per heavy atom. The van der Waals surface area contributed by atoms with E-state index in [0.29, 0.717) is 11.3 Å². The van der Waals surface area contributed by atoms with E-state index in [-0.39, 0.29) is 18.1 Å². The highest BCUT2D eigenvalue weighted by Crippen LogP contribution is 2.12. The lowest BCUT2D eigenvalue weighted by molar-refractivity contribution is -0.136. The Bertz CT molecular complexity index is 688. The second-order valence-electron chi connectivity index (χ2n) is 4.68. The molecule has 0 heterocycles. The van der Waals surface area contributed by atoms with Gasteiger partial charge in [0.25, 0.3) is 0 Å². The summed E-state index contributed by atoms with van der Waals surface area (Å²) in [6, 6.07) is 13.1. The highest BCUT2D eigenvalue weighted by molar-refractivity contribution is 6.01. The molecule has 0 aliphatic carbocycles. The van der Waals surface area contributed by atoms with Crippen LogP contribution in [0.2, 0.25) is 0 Å². The predicted molar refractivity (Wildman–Crippen MR) is 83.6 cm³/mol. The number of rotatable bonds is 5. The van der Waals surface area contributed by atoms with E-state index in [1.165, 1.54) is 6.08 Å². The Morgan fingerprint density at radius 1 is 1.00 bits per heavy atom. The molecule has 0 saturated carbocycles. The SMILES string of the molecule is O=C(O)Cc1ccc(NC(=O)/C=C/c2ccc(O)cc2)cc1. The number of aliphatic carboxylic acids is 1. The van der Waals surface area contributed by atoms with Gasteiger partial charge in [-0.25, -0.2) is 0 Å². The number of phenolic OH excluding ortho intramolecular Hbond substituents is 1. The van der Waals surface area contributed by atoms with E-state index in [9.17, 15) is 9.59 Å². The fourth-order valence-electron chi connectivity index (χ4n) is 1.82. The Balaban J connectivity index is 1.94. The van der Waals surface area contributed by atoms with Gasteiger partial charge in [0.05, 0.1) is 6.42 Å². The number of carbonyl (C=O) groups is 2. The van der Waals surface area contributed by atoms with Crippen molar-refractivity contribution >= 4 is 23.6 Å². The second kappa shape index (κ2) is 7.08. The van der Waals surface area contributed by atoms with Crippen LogP contribution in [0.15, 0.2) is 54.6 Å². The highest BCUT2D eigenvalue weighted by Gasteiger charge is 2.01. The van der Waals surface area contributed by atoms with Crippen molar-refractivity contribution in [1.82, 2.24) is 0 Å². The minimum absolute atomic E-state index is 0.0466. The third kappa shape index (κ3) is 4.79. The number of carboxylic acids is 1. The third-order valence-corrected chi connectivity index (χ3v) is 2.90. The van der Waals surface area contributed by atoms with Crippen LogP contribution >= 0.6 is 0 Å². The standard InChI is InChI=1S/C17H15NO4/c19-15-8-3-12(4-9-15)5-10-16(20)18-14-6-1-13(2-7-14)11-17(21)22/h1-10,19H,11H2,(H,18,20)(H,21,22)/b10-5+. The first-order valence-electron chi connectivity index (χ1n) is 6.62. The van der Waals surface area contributed by atoms with Gasteiger partial charge in [-0.3, -0.25) is 9.59 Å². The number of carboxylic acid groups (broad SMARTS) is 1. The molecule has 3 N–H and O–H groups in total. The zero-order valence-corrected chi connectivity index (χ0v) is 11.7. The Hall–Kier alpha value is -3.08. The number of hydrogen-bond acceptors (Lipinski definition) is 3. The van der Waals surface area contributed by atoms with Crippen molar-refractivity contribution in [2.45, 2.75) is 6.42 Å². The summed E-state index contributed by atoms with van der Waals surface area (Å²) in [4.78, 5) is 22.4. The molecule has 0 spiro atoms. The summed E-state index contributed by atoms with van der Waals surface area (Å²) < 4.78 is 0. The largest absolute Gasteiger partial charge is 0.508 e. The van der Waals surface area contributed by atoms with E-state index in [4.69, 9.17) is 10.2 Å². The number of hydrogen-bond donors (Lipinski definition) is 3. The summed E-state index contributed by atoms with van der Waals surface area (Å²) >= 11 is 0. The van der Waals surface area contributed by atoms with Crippen molar-refractivity contribution in [3.05, 3.63) is 65.7 Å². The van der Waals surface area contributed by atoms with E-state index in [1.807, 2.05) is 0 Å². The first kappa shape index (κ1) is 15.3. The summed E-state index contributed by atoms with van der Waals surface area (Å²) in [6.45, 7) is 0. The van der Waals surface area contributed by atoms with Crippen molar-refractivity contribution in [3.8, 4) is 5.75 Å². The minimum atomic E-state index is -0.895. The average Bonchev–Trinajstić information content (AvgIpc) is 2.48. The van der Waals surface area contributed by atoms with Gasteiger partial charge < -0.3 is 15.5 Å². The topological polar surface area (TPSA) is 86.6 Å². The average molecular weight is 297 g/mol. The van der Waals surface area contributed by atoms with Gasteiger partial charge in [0.1, 0.15) is 5.75 Å². The third-order valence-electron chi connectivity index (χ3n) is 2.90. The van der Waals surface area contributed by atoms with Gasteiger partial charge in [0.15, 0.2) is 0 Å². The van der Waals surface area contributed by atoms with Crippen LogP contribution in [-0.2, 0) is 16.0 Å².